The number of nitrogens with zero attached hydrogens (tertiary/aromatic N) is 1. The zero-order chi connectivity index (χ0) is 22.0. The molecule has 0 radical (unpaired) electrons. The molecule has 1 amide bonds. The van der Waals surface area contributed by atoms with Crippen LogP contribution in [0.4, 0.5) is 4.79 Å². The van der Waals surface area contributed by atoms with Crippen LogP contribution in [0.1, 0.15) is 43.1 Å². The first-order valence-corrected chi connectivity index (χ1v) is 8.72. The summed E-state index contributed by atoms with van der Waals surface area (Å²) in [5.74, 6) is -1.01. The molecule has 160 valence electrons. The van der Waals surface area contributed by atoms with Gasteiger partial charge in [-0.3, -0.25) is 4.79 Å². The smallest absolute Gasteiger partial charge is 0.408 e. The third kappa shape index (κ3) is 9.40. The van der Waals surface area contributed by atoms with Crippen LogP contribution in [0.5, 0.6) is 5.75 Å². The number of benzene rings is 1. The third-order valence-corrected chi connectivity index (χ3v) is 3.38. The zero-order valence-electron chi connectivity index (χ0n) is 16.4. The standard InChI is InChI=1S/C18H24N2O9/c1-18(2,3)29-17(24)19-14(16(22)23)10-13-9-12(11-21)5-6-15(13)27-7-4-8-28-20(25)26/h5-6,9,11,14H,4,7-8,10H2,1-3H3,(H,19,24)(H,22,23). The van der Waals surface area contributed by atoms with Crippen LogP contribution >= 0.6 is 0 Å². The maximum Gasteiger partial charge on any atom is 0.408 e. The lowest BCUT2D eigenvalue weighted by Crippen LogP contribution is -2.44. The highest BCUT2D eigenvalue weighted by Crippen LogP contribution is 2.22. The first kappa shape index (κ1) is 23.7. The molecule has 2 N–H and O–H groups in total. The fraction of sp³-hybridized carbons (Fsp3) is 0.500. The molecule has 1 aromatic carbocycles. The summed E-state index contributed by atoms with van der Waals surface area (Å²) in [4.78, 5) is 48.9. The predicted molar refractivity (Wildman–Crippen MR) is 99.4 cm³/mol. The largest absolute Gasteiger partial charge is 0.493 e. The summed E-state index contributed by atoms with van der Waals surface area (Å²) < 4.78 is 10.6. The number of carboxylic acid groups (broad SMARTS) is 1. The van der Waals surface area contributed by atoms with E-state index in [1.165, 1.54) is 18.2 Å². The van der Waals surface area contributed by atoms with Crippen LogP contribution < -0.4 is 10.1 Å². The van der Waals surface area contributed by atoms with Crippen molar-refractivity contribution in [3.05, 3.63) is 39.4 Å². The molecule has 29 heavy (non-hydrogen) atoms. The minimum absolute atomic E-state index is 0.0680. The Kier molecular flexibility index (Phi) is 8.84. The van der Waals surface area contributed by atoms with Gasteiger partial charge in [-0.15, -0.1) is 10.1 Å². The average molecular weight is 412 g/mol. The Labute approximate surface area is 167 Å². The van der Waals surface area contributed by atoms with E-state index in [0.717, 1.165) is 0 Å². The third-order valence-electron chi connectivity index (χ3n) is 3.38. The lowest BCUT2D eigenvalue weighted by molar-refractivity contribution is -0.757. The van der Waals surface area contributed by atoms with Gasteiger partial charge in [-0.1, -0.05) is 0 Å². The summed E-state index contributed by atoms with van der Waals surface area (Å²) in [6, 6.07) is 3.09. The van der Waals surface area contributed by atoms with Crippen LogP contribution in [0.25, 0.3) is 0 Å². The monoisotopic (exact) mass is 412 g/mol. The van der Waals surface area contributed by atoms with Gasteiger partial charge in [0.25, 0.3) is 5.09 Å². The van der Waals surface area contributed by atoms with Gasteiger partial charge in [0, 0.05) is 18.4 Å². The molecule has 0 aliphatic heterocycles. The van der Waals surface area contributed by atoms with Crippen molar-refractivity contribution in [3.63, 3.8) is 0 Å². The Morgan fingerprint density at radius 1 is 1.31 bits per heavy atom. The Hall–Kier alpha value is -3.37. The normalized spacial score (nSPS) is 11.8. The van der Waals surface area contributed by atoms with Gasteiger partial charge >= 0.3 is 12.1 Å². The molecule has 1 atom stereocenters. The van der Waals surface area contributed by atoms with E-state index in [0.29, 0.717) is 17.4 Å². The number of ether oxygens (including phenoxy) is 2. The molecule has 0 aromatic heterocycles. The van der Waals surface area contributed by atoms with Crippen LogP contribution in [0.15, 0.2) is 18.2 Å². The van der Waals surface area contributed by atoms with Crippen molar-refractivity contribution in [2.75, 3.05) is 13.2 Å². The summed E-state index contributed by atoms with van der Waals surface area (Å²) in [6.45, 7) is 4.84. The molecule has 11 nitrogen and oxygen atoms in total. The van der Waals surface area contributed by atoms with Gasteiger partial charge in [0.15, 0.2) is 0 Å². The number of aldehydes is 1. The number of nitrogens with one attached hydrogen (secondary N) is 1. The highest BCUT2D eigenvalue weighted by molar-refractivity contribution is 5.81. The van der Waals surface area contributed by atoms with Crippen LogP contribution in [0.2, 0.25) is 0 Å². The van der Waals surface area contributed by atoms with Crippen LogP contribution in [-0.4, -0.2) is 53.4 Å². The summed E-state index contributed by atoms with van der Waals surface area (Å²) in [6.07, 6.45) is -0.253. The van der Waals surface area contributed by atoms with Crippen molar-refractivity contribution in [3.8, 4) is 5.75 Å². The van der Waals surface area contributed by atoms with E-state index in [2.05, 4.69) is 10.2 Å². The maximum atomic E-state index is 11.9. The van der Waals surface area contributed by atoms with E-state index in [-0.39, 0.29) is 31.8 Å². The number of alkyl carbamates (subject to hydrolysis) is 1. The topological polar surface area (TPSA) is 154 Å². The van der Waals surface area contributed by atoms with Crippen LogP contribution in [-0.2, 0) is 20.8 Å². The molecule has 11 heteroatoms. The van der Waals surface area contributed by atoms with Crippen LogP contribution in [0.3, 0.4) is 0 Å². The average Bonchev–Trinajstić information content (AvgIpc) is 2.59. The highest BCUT2D eigenvalue weighted by Gasteiger charge is 2.25. The molecule has 1 aromatic rings. The number of hydrogen-bond acceptors (Lipinski definition) is 8. The molecule has 0 saturated carbocycles. The van der Waals surface area contributed by atoms with Crippen LogP contribution in [0, 0.1) is 10.1 Å². The lowest BCUT2D eigenvalue weighted by atomic mass is 10.0. The lowest BCUT2D eigenvalue weighted by Gasteiger charge is -2.22. The number of amides is 1. The molecule has 0 aliphatic rings. The molecule has 0 heterocycles. The minimum Gasteiger partial charge on any atom is -0.493 e. The van der Waals surface area contributed by atoms with E-state index in [1.807, 2.05) is 0 Å². The first-order valence-electron chi connectivity index (χ1n) is 8.72. The molecular formula is C18H24N2O9. The molecule has 0 saturated heterocycles. The molecule has 0 aliphatic carbocycles. The van der Waals surface area contributed by atoms with Gasteiger partial charge < -0.3 is 24.7 Å². The number of carboxylic acids is 1. The Morgan fingerprint density at radius 2 is 2.00 bits per heavy atom. The van der Waals surface area contributed by atoms with Crippen molar-refractivity contribution in [2.45, 2.75) is 45.3 Å². The van der Waals surface area contributed by atoms with Crippen molar-refractivity contribution >= 4 is 18.3 Å². The second kappa shape index (κ2) is 10.8. The summed E-state index contributed by atoms with van der Waals surface area (Å²) in [5, 5.41) is 20.9. The quantitative estimate of drug-likeness (QED) is 0.240. The van der Waals surface area contributed by atoms with E-state index in [1.54, 1.807) is 20.8 Å². The molecule has 0 spiro atoms. The van der Waals surface area contributed by atoms with E-state index < -0.39 is 28.8 Å². The minimum atomic E-state index is -1.33. The highest BCUT2D eigenvalue weighted by atomic mass is 16.9. The van der Waals surface area contributed by atoms with Crippen molar-refractivity contribution in [1.29, 1.82) is 0 Å². The van der Waals surface area contributed by atoms with E-state index in [9.17, 15) is 29.6 Å². The summed E-state index contributed by atoms with van der Waals surface area (Å²) >= 11 is 0. The van der Waals surface area contributed by atoms with Gasteiger partial charge in [-0.05, 0) is 44.5 Å². The first-order chi connectivity index (χ1) is 13.5. The number of rotatable bonds is 11. The van der Waals surface area contributed by atoms with Crippen molar-refractivity contribution in [1.82, 2.24) is 5.32 Å². The van der Waals surface area contributed by atoms with E-state index >= 15 is 0 Å². The molecular weight excluding hydrogens is 388 g/mol. The Balaban J connectivity index is 2.88. The van der Waals surface area contributed by atoms with Crippen molar-refractivity contribution in [2.24, 2.45) is 0 Å². The number of carbonyl (C=O) groups is 3. The zero-order valence-corrected chi connectivity index (χ0v) is 16.4. The van der Waals surface area contributed by atoms with Gasteiger partial charge in [-0.2, -0.15) is 0 Å². The Bertz CT molecular complexity index is 743. The predicted octanol–water partition coefficient (Wildman–Crippen LogP) is 2.00. The molecule has 1 rings (SSSR count). The number of carbonyl (C=O) groups excluding carboxylic acids is 2. The maximum absolute atomic E-state index is 11.9. The van der Waals surface area contributed by atoms with Crippen molar-refractivity contribution < 1.29 is 38.9 Å². The Morgan fingerprint density at radius 3 is 2.55 bits per heavy atom. The number of aliphatic carboxylic acids is 1. The summed E-state index contributed by atoms with van der Waals surface area (Å²) in [7, 11) is 0. The molecule has 0 fully saturated rings. The molecule has 1 unspecified atom stereocenters. The fourth-order valence-electron chi connectivity index (χ4n) is 2.22. The second-order valence-corrected chi connectivity index (χ2v) is 6.99. The SMILES string of the molecule is CC(C)(C)OC(=O)NC(Cc1cc(C=O)ccc1OCCCO[N+](=O)[O-])C(=O)O. The summed E-state index contributed by atoms with van der Waals surface area (Å²) in [5.41, 5.74) is -0.135. The van der Waals surface area contributed by atoms with E-state index in [4.69, 9.17) is 9.47 Å². The fourth-order valence-corrected chi connectivity index (χ4v) is 2.22. The van der Waals surface area contributed by atoms with Gasteiger partial charge in [0.05, 0.1) is 13.2 Å². The van der Waals surface area contributed by atoms with Gasteiger partial charge in [0.2, 0.25) is 0 Å². The van der Waals surface area contributed by atoms with Gasteiger partial charge in [0.1, 0.15) is 23.7 Å². The number of hydrogen-bond donors (Lipinski definition) is 2. The second-order valence-electron chi connectivity index (χ2n) is 6.99. The van der Waals surface area contributed by atoms with Gasteiger partial charge in [-0.25, -0.2) is 9.59 Å². The molecule has 0 bridgehead atoms.